The van der Waals surface area contributed by atoms with Gasteiger partial charge in [0.25, 0.3) is 11.8 Å². The third kappa shape index (κ3) is 1.48. The van der Waals surface area contributed by atoms with Crippen LogP contribution in [0.25, 0.3) is 0 Å². The van der Waals surface area contributed by atoms with E-state index in [1.165, 1.54) is 0 Å². The van der Waals surface area contributed by atoms with Crippen molar-refractivity contribution in [3.8, 4) is 0 Å². The summed E-state index contributed by atoms with van der Waals surface area (Å²) in [6.45, 7) is 3.42. The van der Waals surface area contributed by atoms with Crippen molar-refractivity contribution in [2.75, 3.05) is 0 Å². The second kappa shape index (κ2) is 3.83. The summed E-state index contributed by atoms with van der Waals surface area (Å²) in [7, 11) is -1.60. The number of hydrogen-bond acceptors (Lipinski definition) is 3. The summed E-state index contributed by atoms with van der Waals surface area (Å²) < 4.78 is 12.7. The van der Waals surface area contributed by atoms with Crippen LogP contribution in [0.1, 0.15) is 34.6 Å². The van der Waals surface area contributed by atoms with Gasteiger partial charge < -0.3 is 0 Å². The first-order valence-electron chi connectivity index (χ1n) is 4.92. The van der Waals surface area contributed by atoms with E-state index in [0.717, 1.165) is 4.31 Å². The molecular formula is C11H11NO3S. The largest absolute Gasteiger partial charge is 0.273 e. The van der Waals surface area contributed by atoms with Crippen molar-refractivity contribution in [3.63, 3.8) is 0 Å². The minimum atomic E-state index is -1.60. The van der Waals surface area contributed by atoms with Gasteiger partial charge in [0.2, 0.25) is 0 Å². The maximum atomic E-state index is 11.9. The Labute approximate surface area is 95.8 Å². The highest BCUT2D eigenvalue weighted by Crippen LogP contribution is 2.24. The molecule has 1 aliphatic heterocycles. The molecular weight excluding hydrogens is 226 g/mol. The van der Waals surface area contributed by atoms with Gasteiger partial charge in [0, 0.05) is 5.25 Å². The third-order valence-electron chi connectivity index (χ3n) is 2.34. The quantitative estimate of drug-likeness (QED) is 0.730. The number of carbonyl (C=O) groups is 2. The van der Waals surface area contributed by atoms with E-state index in [1.807, 2.05) is 0 Å². The molecule has 0 saturated carbocycles. The summed E-state index contributed by atoms with van der Waals surface area (Å²) in [5.41, 5.74) is 0.669. The molecule has 0 aliphatic carbocycles. The average Bonchev–Trinajstić information content (AvgIpc) is 2.52. The monoisotopic (exact) mass is 237 g/mol. The second-order valence-electron chi connectivity index (χ2n) is 3.78. The fraction of sp³-hybridized carbons (Fsp3) is 0.273. The molecule has 0 radical (unpaired) electrons. The van der Waals surface area contributed by atoms with Gasteiger partial charge >= 0.3 is 0 Å². The highest BCUT2D eigenvalue weighted by molar-refractivity contribution is 7.84. The first-order chi connectivity index (χ1) is 7.54. The molecule has 84 valence electrons. The molecule has 16 heavy (non-hydrogen) atoms. The molecule has 0 bridgehead atoms. The van der Waals surface area contributed by atoms with Gasteiger partial charge in [-0.05, 0) is 26.0 Å². The number of carbonyl (C=O) groups excluding carboxylic acids is 2. The van der Waals surface area contributed by atoms with E-state index in [2.05, 4.69) is 0 Å². The lowest BCUT2D eigenvalue weighted by Crippen LogP contribution is -2.35. The smallest absolute Gasteiger partial charge is 0.268 e. The van der Waals surface area contributed by atoms with Crippen LogP contribution >= 0.6 is 0 Å². The van der Waals surface area contributed by atoms with Crippen LogP contribution in [0.3, 0.4) is 0 Å². The molecule has 1 aromatic carbocycles. The van der Waals surface area contributed by atoms with E-state index >= 15 is 0 Å². The van der Waals surface area contributed by atoms with Crippen LogP contribution in [-0.2, 0) is 11.0 Å². The molecule has 2 rings (SSSR count). The molecule has 5 heteroatoms. The maximum Gasteiger partial charge on any atom is 0.273 e. The summed E-state index contributed by atoms with van der Waals surface area (Å²) >= 11 is 0. The van der Waals surface area contributed by atoms with Crippen molar-refractivity contribution >= 4 is 22.8 Å². The molecule has 0 saturated heterocycles. The van der Waals surface area contributed by atoms with Crippen molar-refractivity contribution in [2.24, 2.45) is 0 Å². The fourth-order valence-electron chi connectivity index (χ4n) is 1.54. The van der Waals surface area contributed by atoms with Crippen LogP contribution < -0.4 is 0 Å². The molecule has 4 nitrogen and oxygen atoms in total. The summed E-state index contributed by atoms with van der Waals surface area (Å²) in [5, 5.41) is -0.262. The Morgan fingerprint density at radius 1 is 1.06 bits per heavy atom. The van der Waals surface area contributed by atoms with Crippen LogP contribution in [0.4, 0.5) is 0 Å². The highest BCUT2D eigenvalue weighted by atomic mass is 32.2. The number of benzene rings is 1. The van der Waals surface area contributed by atoms with E-state index in [-0.39, 0.29) is 5.25 Å². The highest BCUT2D eigenvalue weighted by Gasteiger charge is 2.39. The molecule has 0 fully saturated rings. The summed E-state index contributed by atoms with van der Waals surface area (Å²) in [6, 6.07) is 6.53. The van der Waals surface area contributed by atoms with Gasteiger partial charge in [-0.2, -0.15) is 4.31 Å². The molecule has 1 aliphatic rings. The van der Waals surface area contributed by atoms with Gasteiger partial charge in [-0.25, -0.2) is 4.21 Å². The van der Waals surface area contributed by atoms with Gasteiger partial charge in [-0.3, -0.25) is 9.59 Å². The van der Waals surface area contributed by atoms with Crippen molar-refractivity contribution in [1.29, 1.82) is 0 Å². The number of fused-ring (bicyclic) bond motifs is 1. The molecule has 1 aromatic rings. The predicted octanol–water partition coefficient (Wildman–Crippen LogP) is 1.35. The Morgan fingerprint density at radius 2 is 1.50 bits per heavy atom. The zero-order valence-corrected chi connectivity index (χ0v) is 9.78. The Morgan fingerprint density at radius 3 is 1.88 bits per heavy atom. The van der Waals surface area contributed by atoms with E-state index in [9.17, 15) is 13.8 Å². The first-order valence-corrected chi connectivity index (χ1v) is 6.09. The van der Waals surface area contributed by atoms with Gasteiger partial charge in [0.1, 0.15) is 11.0 Å². The molecule has 1 atom stereocenters. The Balaban J connectivity index is 2.47. The van der Waals surface area contributed by atoms with Gasteiger partial charge in [0.15, 0.2) is 0 Å². The number of imide groups is 1. The van der Waals surface area contributed by atoms with Crippen molar-refractivity contribution in [3.05, 3.63) is 35.4 Å². The van der Waals surface area contributed by atoms with Crippen LogP contribution in [-0.4, -0.2) is 25.6 Å². The minimum absolute atomic E-state index is 0.262. The van der Waals surface area contributed by atoms with E-state index in [4.69, 9.17) is 0 Å². The zero-order chi connectivity index (χ0) is 11.9. The predicted molar refractivity (Wildman–Crippen MR) is 60.2 cm³/mol. The summed E-state index contributed by atoms with van der Waals surface area (Å²) in [5.74, 6) is -0.930. The van der Waals surface area contributed by atoms with E-state index < -0.39 is 22.8 Å². The van der Waals surface area contributed by atoms with Gasteiger partial charge in [-0.15, -0.1) is 0 Å². The topological polar surface area (TPSA) is 54.5 Å². The van der Waals surface area contributed by atoms with Crippen LogP contribution in [0.2, 0.25) is 0 Å². The number of rotatable bonds is 2. The maximum absolute atomic E-state index is 11.9. The lowest BCUT2D eigenvalue weighted by molar-refractivity contribution is 0.0770. The van der Waals surface area contributed by atoms with Gasteiger partial charge in [-0.1, -0.05) is 12.1 Å². The minimum Gasteiger partial charge on any atom is -0.268 e. The molecule has 0 spiro atoms. The van der Waals surface area contributed by atoms with Crippen molar-refractivity contribution in [1.82, 2.24) is 4.31 Å². The normalized spacial score (nSPS) is 16.8. The fourth-order valence-corrected chi connectivity index (χ4v) is 2.49. The Hall–Kier alpha value is -1.49. The van der Waals surface area contributed by atoms with Crippen LogP contribution in [0, 0.1) is 0 Å². The zero-order valence-electron chi connectivity index (χ0n) is 8.97. The molecule has 2 amide bonds. The third-order valence-corrected chi connectivity index (χ3v) is 3.84. The molecule has 1 unspecified atom stereocenters. The summed E-state index contributed by atoms with van der Waals surface area (Å²) in [6.07, 6.45) is 0. The Bertz CT molecular complexity index is 461. The average molecular weight is 237 g/mol. The number of hydrogen-bond donors (Lipinski definition) is 0. The standard InChI is InChI=1S/C11H11NO3S/c1-7(2)16(15)12-10(13)8-5-3-4-6-9(8)11(12)14/h3-7H,1-2H3. The summed E-state index contributed by atoms with van der Waals surface area (Å²) in [4.78, 5) is 23.7. The van der Waals surface area contributed by atoms with Crippen LogP contribution in [0.15, 0.2) is 24.3 Å². The van der Waals surface area contributed by atoms with Crippen LogP contribution in [0.5, 0.6) is 0 Å². The lowest BCUT2D eigenvalue weighted by atomic mass is 10.1. The number of nitrogens with zero attached hydrogens (tertiary/aromatic N) is 1. The first kappa shape index (κ1) is 11.0. The van der Waals surface area contributed by atoms with Crippen molar-refractivity contribution < 1.29 is 13.8 Å². The Kier molecular flexibility index (Phi) is 2.63. The molecule has 1 heterocycles. The SMILES string of the molecule is CC(C)S(=O)N1C(=O)c2ccccc2C1=O. The second-order valence-corrected chi connectivity index (χ2v) is 5.64. The number of amides is 2. The molecule has 0 N–H and O–H groups in total. The van der Waals surface area contributed by atoms with E-state index in [1.54, 1.807) is 38.1 Å². The van der Waals surface area contributed by atoms with Gasteiger partial charge in [0.05, 0.1) is 11.1 Å². The lowest BCUT2D eigenvalue weighted by Gasteiger charge is -2.14. The van der Waals surface area contributed by atoms with E-state index in [0.29, 0.717) is 11.1 Å². The molecule has 0 aromatic heterocycles. The van der Waals surface area contributed by atoms with Crippen molar-refractivity contribution in [2.45, 2.75) is 19.1 Å².